The van der Waals surface area contributed by atoms with E-state index in [4.69, 9.17) is 4.74 Å². The molecule has 3 aromatic rings. The Labute approximate surface area is 181 Å². The van der Waals surface area contributed by atoms with Crippen LogP contribution in [0.15, 0.2) is 77.3 Å². The van der Waals surface area contributed by atoms with E-state index < -0.39 is 23.4 Å². The molecule has 3 aromatic carbocycles. The van der Waals surface area contributed by atoms with Crippen LogP contribution < -0.4 is 5.32 Å². The Kier molecular flexibility index (Phi) is 6.54. The number of amides is 1. The van der Waals surface area contributed by atoms with Crippen LogP contribution in [-0.4, -0.2) is 30.6 Å². The molecule has 0 heterocycles. The smallest absolute Gasteiger partial charge is 0.340 e. The number of nitrogens with one attached hydrogen (secondary N) is 1. The predicted octanol–water partition coefficient (Wildman–Crippen LogP) is 4.55. The number of esters is 1. The molecule has 1 amide bonds. The van der Waals surface area contributed by atoms with Crippen molar-refractivity contribution in [3.05, 3.63) is 99.5 Å². The zero-order valence-electron chi connectivity index (χ0n) is 15.8. The van der Waals surface area contributed by atoms with Gasteiger partial charge in [0.1, 0.15) is 0 Å². The van der Waals surface area contributed by atoms with Crippen molar-refractivity contribution in [3.8, 4) is 0 Å². The summed E-state index contributed by atoms with van der Waals surface area (Å²) in [7, 11) is 1.25. The maximum absolute atomic E-state index is 12.6. The number of anilines is 1. The van der Waals surface area contributed by atoms with Crippen molar-refractivity contribution >= 4 is 45.1 Å². The fraction of sp³-hybridized carbons (Fsp3) is 0.0435. The largest absolute Gasteiger partial charge is 0.465 e. The molecule has 6 nitrogen and oxygen atoms in total. The van der Waals surface area contributed by atoms with Crippen molar-refractivity contribution < 1.29 is 23.9 Å². The SMILES string of the molecule is COC(=O)c1cc(Br)ccc1NC(=O)c1ccc(C(=O)C(=O)c2ccccc2)cc1. The van der Waals surface area contributed by atoms with Crippen molar-refractivity contribution in [1.29, 1.82) is 0 Å². The van der Waals surface area contributed by atoms with Gasteiger partial charge in [-0.3, -0.25) is 14.4 Å². The zero-order valence-corrected chi connectivity index (χ0v) is 17.4. The monoisotopic (exact) mass is 465 g/mol. The first-order valence-corrected chi connectivity index (χ1v) is 9.63. The topological polar surface area (TPSA) is 89.5 Å². The molecule has 0 aromatic heterocycles. The predicted molar refractivity (Wildman–Crippen MR) is 115 cm³/mol. The molecule has 1 N–H and O–H groups in total. The Balaban J connectivity index is 1.77. The van der Waals surface area contributed by atoms with Crippen LogP contribution in [0, 0.1) is 0 Å². The van der Waals surface area contributed by atoms with E-state index in [0.717, 1.165) is 0 Å². The second kappa shape index (κ2) is 9.28. The summed E-state index contributed by atoms with van der Waals surface area (Å²) in [4.78, 5) is 49.2. The van der Waals surface area contributed by atoms with Gasteiger partial charge in [0.05, 0.1) is 18.4 Å². The lowest BCUT2D eigenvalue weighted by atomic mass is 10.0. The van der Waals surface area contributed by atoms with E-state index in [2.05, 4.69) is 21.2 Å². The summed E-state index contributed by atoms with van der Waals surface area (Å²) in [6, 6.07) is 18.8. The van der Waals surface area contributed by atoms with Crippen LogP contribution in [0.3, 0.4) is 0 Å². The third kappa shape index (κ3) is 4.69. The molecule has 0 aliphatic rings. The quantitative estimate of drug-likeness (QED) is 0.327. The molecule has 0 spiro atoms. The zero-order chi connectivity index (χ0) is 21.7. The van der Waals surface area contributed by atoms with Gasteiger partial charge in [0, 0.05) is 21.2 Å². The normalized spacial score (nSPS) is 10.2. The molecule has 0 saturated heterocycles. The van der Waals surface area contributed by atoms with E-state index in [9.17, 15) is 19.2 Å². The standard InChI is InChI=1S/C23H16BrNO5/c1-30-23(29)18-13-17(24)11-12-19(18)25-22(28)16-9-7-15(8-10-16)21(27)20(26)14-5-3-2-4-6-14/h2-13H,1H3,(H,25,28). The average molecular weight is 466 g/mol. The van der Waals surface area contributed by atoms with Crippen LogP contribution in [0.1, 0.15) is 41.4 Å². The maximum atomic E-state index is 12.6. The number of methoxy groups -OCH3 is 1. The van der Waals surface area contributed by atoms with E-state index in [-0.39, 0.29) is 22.4 Å². The average Bonchev–Trinajstić information content (AvgIpc) is 2.79. The molecule has 0 saturated carbocycles. The highest BCUT2D eigenvalue weighted by atomic mass is 79.9. The second-order valence-corrected chi connectivity index (χ2v) is 7.15. The van der Waals surface area contributed by atoms with E-state index in [0.29, 0.717) is 10.0 Å². The molecule has 7 heteroatoms. The fourth-order valence-electron chi connectivity index (χ4n) is 2.72. The summed E-state index contributed by atoms with van der Waals surface area (Å²) < 4.78 is 5.40. The summed E-state index contributed by atoms with van der Waals surface area (Å²) in [5, 5.41) is 2.65. The Hall–Kier alpha value is -3.58. The Morgan fingerprint density at radius 1 is 0.767 bits per heavy atom. The van der Waals surface area contributed by atoms with Gasteiger partial charge >= 0.3 is 5.97 Å². The van der Waals surface area contributed by atoms with Crippen molar-refractivity contribution in [2.75, 3.05) is 12.4 Å². The molecule has 0 atom stereocenters. The number of hydrogen-bond acceptors (Lipinski definition) is 5. The minimum Gasteiger partial charge on any atom is -0.465 e. The number of halogens is 1. The lowest BCUT2D eigenvalue weighted by molar-refractivity contribution is 0.0601. The van der Waals surface area contributed by atoms with Crippen LogP contribution in [0.4, 0.5) is 5.69 Å². The van der Waals surface area contributed by atoms with Crippen molar-refractivity contribution in [1.82, 2.24) is 0 Å². The number of carbonyl (C=O) groups excluding carboxylic acids is 4. The molecule has 0 unspecified atom stereocenters. The molecule has 30 heavy (non-hydrogen) atoms. The van der Waals surface area contributed by atoms with E-state index >= 15 is 0 Å². The number of rotatable bonds is 6. The van der Waals surface area contributed by atoms with Gasteiger partial charge in [-0.15, -0.1) is 0 Å². The molecular formula is C23H16BrNO5. The minimum atomic E-state index is -0.658. The van der Waals surface area contributed by atoms with Crippen LogP contribution in [0.2, 0.25) is 0 Å². The molecular weight excluding hydrogens is 450 g/mol. The first-order chi connectivity index (χ1) is 14.4. The summed E-state index contributed by atoms with van der Waals surface area (Å²) in [5.74, 6) is -2.35. The second-order valence-electron chi connectivity index (χ2n) is 6.24. The Morgan fingerprint density at radius 3 is 1.93 bits per heavy atom. The van der Waals surface area contributed by atoms with Gasteiger partial charge in [-0.2, -0.15) is 0 Å². The number of benzene rings is 3. The Morgan fingerprint density at radius 2 is 1.33 bits per heavy atom. The highest BCUT2D eigenvalue weighted by Gasteiger charge is 2.19. The number of Topliss-reactive ketones (excluding diaryl/α,β-unsaturated/α-hetero) is 2. The molecule has 0 aliphatic heterocycles. The first-order valence-electron chi connectivity index (χ1n) is 8.84. The van der Waals surface area contributed by atoms with Crippen LogP contribution in [0.25, 0.3) is 0 Å². The molecule has 0 radical (unpaired) electrons. The van der Waals surface area contributed by atoms with Gasteiger partial charge < -0.3 is 10.1 Å². The van der Waals surface area contributed by atoms with E-state index in [1.54, 1.807) is 48.5 Å². The van der Waals surface area contributed by atoms with Gasteiger partial charge in [0.2, 0.25) is 11.6 Å². The van der Waals surface area contributed by atoms with Crippen LogP contribution in [-0.2, 0) is 4.74 Å². The lowest BCUT2D eigenvalue weighted by Crippen LogP contribution is -2.17. The van der Waals surface area contributed by atoms with Gasteiger partial charge in [-0.25, -0.2) is 4.79 Å². The minimum absolute atomic E-state index is 0.180. The number of carbonyl (C=O) groups is 4. The Bertz CT molecular complexity index is 1120. The summed E-state index contributed by atoms with van der Waals surface area (Å²) in [6.07, 6.45) is 0. The molecule has 3 rings (SSSR count). The summed E-state index contributed by atoms with van der Waals surface area (Å²) in [6.45, 7) is 0. The highest BCUT2D eigenvalue weighted by molar-refractivity contribution is 9.10. The van der Waals surface area contributed by atoms with E-state index in [1.807, 2.05) is 0 Å². The number of ketones is 2. The fourth-order valence-corrected chi connectivity index (χ4v) is 3.08. The van der Waals surface area contributed by atoms with Gasteiger partial charge in [-0.05, 0) is 30.3 Å². The first kappa shape index (κ1) is 21.1. The van der Waals surface area contributed by atoms with Crippen molar-refractivity contribution in [2.24, 2.45) is 0 Å². The third-order valence-electron chi connectivity index (χ3n) is 4.29. The molecule has 0 aliphatic carbocycles. The van der Waals surface area contributed by atoms with Gasteiger partial charge in [0.25, 0.3) is 5.91 Å². The third-order valence-corrected chi connectivity index (χ3v) is 4.78. The van der Waals surface area contributed by atoms with Gasteiger partial charge in [0.15, 0.2) is 0 Å². The summed E-state index contributed by atoms with van der Waals surface area (Å²) >= 11 is 3.27. The lowest BCUT2D eigenvalue weighted by Gasteiger charge is -2.10. The van der Waals surface area contributed by atoms with Crippen LogP contribution >= 0.6 is 15.9 Å². The highest BCUT2D eigenvalue weighted by Crippen LogP contribution is 2.23. The van der Waals surface area contributed by atoms with Crippen molar-refractivity contribution in [3.63, 3.8) is 0 Å². The van der Waals surface area contributed by atoms with E-state index in [1.165, 1.54) is 31.4 Å². The molecule has 0 fully saturated rings. The summed E-state index contributed by atoms with van der Waals surface area (Å²) in [5.41, 5.74) is 1.22. The number of hydrogen-bond donors (Lipinski definition) is 1. The van der Waals surface area contributed by atoms with Crippen molar-refractivity contribution in [2.45, 2.75) is 0 Å². The molecule has 150 valence electrons. The maximum Gasteiger partial charge on any atom is 0.340 e. The number of ether oxygens (including phenoxy) is 1. The van der Waals surface area contributed by atoms with Gasteiger partial charge in [-0.1, -0.05) is 58.4 Å². The van der Waals surface area contributed by atoms with Crippen LogP contribution in [0.5, 0.6) is 0 Å². The molecule has 0 bridgehead atoms.